The molecule has 29 heavy (non-hydrogen) atoms. The van der Waals surface area contributed by atoms with E-state index in [0.29, 0.717) is 17.0 Å². The largest absolute Gasteiger partial charge is 0.507 e. The molecule has 2 aromatic carbocycles. The molecule has 7 heteroatoms. The predicted octanol–water partition coefficient (Wildman–Crippen LogP) is 4.42. The van der Waals surface area contributed by atoms with Crippen molar-refractivity contribution < 1.29 is 9.90 Å². The lowest BCUT2D eigenvalue weighted by Crippen LogP contribution is -2.18. The van der Waals surface area contributed by atoms with Gasteiger partial charge in [-0.25, -0.2) is 5.43 Å². The van der Waals surface area contributed by atoms with Gasteiger partial charge in [0, 0.05) is 21.7 Å². The van der Waals surface area contributed by atoms with Crippen LogP contribution in [0.5, 0.6) is 5.75 Å². The number of phenols is 1. The quantitative estimate of drug-likeness (QED) is 0.429. The Morgan fingerprint density at radius 2 is 2.00 bits per heavy atom. The number of H-pyrrole nitrogens is 1. The molecule has 1 amide bonds. The Hall–Kier alpha value is -3.12. The third kappa shape index (κ3) is 5.23. The highest BCUT2D eigenvalue weighted by molar-refractivity contribution is 6.31. The number of nitrogens with one attached hydrogen (secondary N) is 2. The predicted molar refractivity (Wildman–Crippen MR) is 115 cm³/mol. The van der Waals surface area contributed by atoms with Crippen molar-refractivity contribution in [1.29, 1.82) is 0 Å². The van der Waals surface area contributed by atoms with E-state index in [1.54, 1.807) is 18.2 Å². The summed E-state index contributed by atoms with van der Waals surface area (Å²) in [6, 6.07) is 14.5. The van der Waals surface area contributed by atoms with Crippen LogP contribution in [0, 0.1) is 0 Å². The van der Waals surface area contributed by atoms with Crippen LogP contribution in [0.4, 0.5) is 0 Å². The van der Waals surface area contributed by atoms with Crippen LogP contribution in [-0.4, -0.2) is 27.4 Å². The molecule has 3 rings (SSSR count). The number of carbonyl (C=O) groups is 1. The van der Waals surface area contributed by atoms with Gasteiger partial charge in [0.2, 0.25) is 0 Å². The summed E-state index contributed by atoms with van der Waals surface area (Å²) in [5.41, 5.74) is 5.86. The minimum atomic E-state index is -0.431. The lowest BCUT2D eigenvalue weighted by Gasteiger charge is -2.14. The lowest BCUT2D eigenvalue weighted by atomic mass is 9.92. The Morgan fingerprint density at radius 3 is 2.69 bits per heavy atom. The second-order valence-corrected chi connectivity index (χ2v) is 8.18. The molecule has 3 aromatic rings. The lowest BCUT2D eigenvalue weighted by molar-refractivity contribution is 0.0950. The molecule has 0 saturated carbocycles. The molecule has 0 aliphatic heterocycles. The van der Waals surface area contributed by atoms with Crippen LogP contribution in [0.1, 0.15) is 53.6 Å². The van der Waals surface area contributed by atoms with E-state index >= 15 is 0 Å². The second-order valence-electron chi connectivity index (χ2n) is 7.78. The third-order valence-electron chi connectivity index (χ3n) is 4.43. The van der Waals surface area contributed by atoms with Crippen LogP contribution >= 0.6 is 11.6 Å². The maximum atomic E-state index is 12.2. The van der Waals surface area contributed by atoms with Gasteiger partial charge in [-0.15, -0.1) is 0 Å². The van der Waals surface area contributed by atoms with Crippen LogP contribution in [0.2, 0.25) is 5.02 Å². The maximum absolute atomic E-state index is 12.2. The Kier molecular flexibility index (Phi) is 6.03. The molecule has 6 nitrogen and oxygen atoms in total. The summed E-state index contributed by atoms with van der Waals surface area (Å²) >= 11 is 6.22. The Morgan fingerprint density at radius 1 is 1.24 bits per heavy atom. The molecule has 0 fully saturated rings. The van der Waals surface area contributed by atoms with Gasteiger partial charge in [-0.1, -0.05) is 56.6 Å². The number of aromatic amines is 1. The van der Waals surface area contributed by atoms with Crippen LogP contribution in [0.3, 0.4) is 0 Å². The van der Waals surface area contributed by atoms with Gasteiger partial charge < -0.3 is 5.11 Å². The van der Waals surface area contributed by atoms with E-state index in [2.05, 4.69) is 20.7 Å². The third-order valence-corrected chi connectivity index (χ3v) is 4.80. The highest BCUT2D eigenvalue weighted by Gasteiger charge is 2.19. The van der Waals surface area contributed by atoms with Gasteiger partial charge in [-0.05, 0) is 41.8 Å². The first-order chi connectivity index (χ1) is 13.7. The molecule has 0 saturated heterocycles. The first-order valence-corrected chi connectivity index (χ1v) is 9.56. The van der Waals surface area contributed by atoms with Gasteiger partial charge >= 0.3 is 0 Å². The van der Waals surface area contributed by atoms with Crippen molar-refractivity contribution in [2.75, 3.05) is 0 Å². The summed E-state index contributed by atoms with van der Waals surface area (Å²) in [7, 11) is 0. The summed E-state index contributed by atoms with van der Waals surface area (Å²) in [4.78, 5) is 12.2. The van der Waals surface area contributed by atoms with Gasteiger partial charge in [0.25, 0.3) is 5.91 Å². The topological polar surface area (TPSA) is 90.4 Å². The fourth-order valence-corrected chi connectivity index (χ4v) is 2.92. The number of aromatic hydroxyl groups is 1. The number of phenolic OH excluding ortho intramolecular Hbond substituents is 1. The van der Waals surface area contributed by atoms with Gasteiger partial charge in [-0.3, -0.25) is 9.89 Å². The number of rotatable bonds is 5. The van der Waals surface area contributed by atoms with Crippen molar-refractivity contribution in [2.24, 2.45) is 5.10 Å². The van der Waals surface area contributed by atoms with E-state index in [9.17, 15) is 9.90 Å². The molecule has 0 spiro atoms. The molecule has 0 radical (unpaired) electrons. The summed E-state index contributed by atoms with van der Waals surface area (Å²) in [6.07, 6.45) is 2.02. The SMILES string of the molecule is CC(C)(C)c1cc(C(=O)NN=Cc2cc(Cc3ccccc3Cl)ccc2O)n[nH]1. The maximum Gasteiger partial charge on any atom is 0.291 e. The van der Waals surface area contributed by atoms with Crippen LogP contribution < -0.4 is 5.43 Å². The van der Waals surface area contributed by atoms with E-state index in [-0.39, 0.29) is 16.9 Å². The molecule has 0 bridgehead atoms. The number of hydrogen-bond acceptors (Lipinski definition) is 4. The highest BCUT2D eigenvalue weighted by atomic mass is 35.5. The van der Waals surface area contributed by atoms with Crippen molar-refractivity contribution in [2.45, 2.75) is 32.6 Å². The summed E-state index contributed by atoms with van der Waals surface area (Å²) in [5.74, 6) is -0.361. The van der Waals surface area contributed by atoms with Crippen LogP contribution in [0.15, 0.2) is 53.6 Å². The monoisotopic (exact) mass is 410 g/mol. The van der Waals surface area contributed by atoms with Crippen molar-refractivity contribution >= 4 is 23.7 Å². The molecule has 1 heterocycles. The number of amides is 1. The highest BCUT2D eigenvalue weighted by Crippen LogP contribution is 2.23. The minimum Gasteiger partial charge on any atom is -0.507 e. The van der Waals surface area contributed by atoms with E-state index in [1.807, 2.05) is 51.1 Å². The van der Waals surface area contributed by atoms with Gasteiger partial charge in [-0.2, -0.15) is 10.2 Å². The van der Waals surface area contributed by atoms with Crippen molar-refractivity contribution in [3.8, 4) is 5.75 Å². The normalized spacial score (nSPS) is 11.7. The number of nitrogens with zero attached hydrogens (tertiary/aromatic N) is 2. The van der Waals surface area contributed by atoms with Gasteiger partial charge in [0.05, 0.1) is 6.21 Å². The molecule has 3 N–H and O–H groups in total. The fourth-order valence-electron chi connectivity index (χ4n) is 2.72. The average molecular weight is 411 g/mol. The van der Waals surface area contributed by atoms with E-state index in [0.717, 1.165) is 16.8 Å². The number of carbonyl (C=O) groups excluding carboxylic acids is 1. The number of hydrazone groups is 1. The first kappa shape index (κ1) is 20.6. The van der Waals surface area contributed by atoms with Gasteiger partial charge in [0.15, 0.2) is 5.69 Å². The van der Waals surface area contributed by atoms with Crippen LogP contribution in [0.25, 0.3) is 0 Å². The first-order valence-electron chi connectivity index (χ1n) is 9.18. The summed E-state index contributed by atoms with van der Waals surface area (Å²) in [5, 5.41) is 21.6. The molecular formula is C22H23ClN4O2. The zero-order valence-corrected chi connectivity index (χ0v) is 17.3. The molecule has 0 unspecified atom stereocenters. The van der Waals surface area contributed by atoms with E-state index in [1.165, 1.54) is 6.21 Å². The zero-order valence-electron chi connectivity index (χ0n) is 16.5. The number of hydrogen-bond donors (Lipinski definition) is 3. The van der Waals surface area contributed by atoms with E-state index < -0.39 is 5.91 Å². The van der Waals surface area contributed by atoms with Crippen molar-refractivity contribution in [1.82, 2.24) is 15.6 Å². The Bertz CT molecular complexity index is 1050. The van der Waals surface area contributed by atoms with Crippen LogP contribution in [-0.2, 0) is 11.8 Å². The fraction of sp³-hybridized carbons (Fsp3) is 0.227. The van der Waals surface area contributed by atoms with Crippen molar-refractivity contribution in [3.63, 3.8) is 0 Å². The minimum absolute atomic E-state index is 0.0701. The number of aromatic nitrogens is 2. The van der Waals surface area contributed by atoms with Crippen molar-refractivity contribution in [3.05, 3.63) is 81.6 Å². The molecule has 0 aliphatic carbocycles. The van der Waals surface area contributed by atoms with Gasteiger partial charge in [0.1, 0.15) is 5.75 Å². The zero-order chi connectivity index (χ0) is 21.0. The van der Waals surface area contributed by atoms with E-state index in [4.69, 9.17) is 11.6 Å². The summed E-state index contributed by atoms with van der Waals surface area (Å²) < 4.78 is 0. The Balaban J connectivity index is 1.69. The second kappa shape index (κ2) is 8.49. The summed E-state index contributed by atoms with van der Waals surface area (Å²) in [6.45, 7) is 6.08. The molecule has 0 aliphatic rings. The molecular weight excluding hydrogens is 388 g/mol. The smallest absolute Gasteiger partial charge is 0.291 e. The molecule has 150 valence electrons. The molecule has 1 aromatic heterocycles. The number of benzene rings is 2. The standard InChI is InChI=1S/C22H23ClN4O2/c1-22(2,3)20-12-18(25-26-20)21(29)27-24-13-16-11-14(8-9-19(16)28)10-15-6-4-5-7-17(15)23/h4-9,11-13,28H,10H2,1-3H3,(H,25,26)(H,27,29). The average Bonchev–Trinajstić information content (AvgIpc) is 3.17. The Labute approximate surface area is 174 Å². The number of halogens is 1. The molecule has 0 atom stereocenters.